The van der Waals surface area contributed by atoms with Crippen molar-refractivity contribution in [1.82, 2.24) is 0 Å². The normalized spacial score (nSPS) is 29.1. The fourth-order valence-corrected chi connectivity index (χ4v) is 2.73. The molecular weight excluding hydrogens is 236 g/mol. The predicted octanol–water partition coefficient (Wildman–Crippen LogP) is 3.75. The minimum Gasteiger partial charge on any atom is -0.496 e. The van der Waals surface area contributed by atoms with Gasteiger partial charge in [-0.3, -0.25) is 0 Å². The van der Waals surface area contributed by atoms with Crippen LogP contribution in [0.2, 0.25) is 5.02 Å². The van der Waals surface area contributed by atoms with Gasteiger partial charge in [0.05, 0.1) is 12.7 Å². The van der Waals surface area contributed by atoms with Crippen LogP contribution in [0, 0.1) is 5.92 Å². The van der Waals surface area contributed by atoms with Gasteiger partial charge in [0.15, 0.2) is 0 Å². The van der Waals surface area contributed by atoms with E-state index < -0.39 is 5.60 Å². The van der Waals surface area contributed by atoms with E-state index in [0.717, 1.165) is 37.0 Å². The third kappa shape index (κ3) is 2.58. The lowest BCUT2D eigenvalue weighted by Crippen LogP contribution is -2.31. The molecule has 1 aromatic rings. The molecule has 0 aromatic heterocycles. The van der Waals surface area contributed by atoms with Crippen molar-refractivity contribution in [1.29, 1.82) is 0 Å². The van der Waals surface area contributed by atoms with Gasteiger partial charge in [0.25, 0.3) is 0 Å². The summed E-state index contributed by atoms with van der Waals surface area (Å²) in [6.07, 6.45) is 3.66. The lowest BCUT2D eigenvalue weighted by Gasteiger charge is -2.36. The summed E-state index contributed by atoms with van der Waals surface area (Å²) in [6, 6.07) is 5.45. The molecule has 0 spiro atoms. The van der Waals surface area contributed by atoms with E-state index in [1.807, 2.05) is 12.1 Å². The SMILES string of the molecule is COc1ccc(Cl)cc1C1(O)CCC(C)CC1. The Bertz CT molecular complexity index is 395. The Morgan fingerprint density at radius 2 is 2.00 bits per heavy atom. The minimum absolute atomic E-state index is 0.646. The van der Waals surface area contributed by atoms with Crippen LogP contribution in [0.1, 0.15) is 38.2 Å². The quantitative estimate of drug-likeness (QED) is 0.871. The molecule has 1 aliphatic rings. The van der Waals surface area contributed by atoms with Gasteiger partial charge in [0.1, 0.15) is 5.75 Å². The van der Waals surface area contributed by atoms with E-state index in [1.165, 1.54) is 0 Å². The van der Waals surface area contributed by atoms with E-state index in [-0.39, 0.29) is 0 Å². The Balaban J connectivity index is 2.34. The van der Waals surface area contributed by atoms with Gasteiger partial charge in [-0.2, -0.15) is 0 Å². The molecule has 1 aromatic carbocycles. The van der Waals surface area contributed by atoms with Crippen molar-refractivity contribution < 1.29 is 9.84 Å². The number of benzene rings is 1. The van der Waals surface area contributed by atoms with Crippen molar-refractivity contribution in [2.24, 2.45) is 5.92 Å². The molecule has 1 fully saturated rings. The van der Waals surface area contributed by atoms with Crippen LogP contribution < -0.4 is 4.74 Å². The number of rotatable bonds is 2. The minimum atomic E-state index is -0.775. The number of methoxy groups -OCH3 is 1. The van der Waals surface area contributed by atoms with Crippen molar-refractivity contribution in [3.63, 3.8) is 0 Å². The number of hydrogen-bond donors (Lipinski definition) is 1. The van der Waals surface area contributed by atoms with Crippen LogP contribution in [-0.4, -0.2) is 12.2 Å². The fraction of sp³-hybridized carbons (Fsp3) is 0.571. The Morgan fingerprint density at radius 3 is 2.59 bits per heavy atom. The molecule has 0 atom stereocenters. The summed E-state index contributed by atoms with van der Waals surface area (Å²) in [5.41, 5.74) is 0.0577. The van der Waals surface area contributed by atoms with E-state index in [4.69, 9.17) is 16.3 Å². The molecule has 2 nitrogen and oxygen atoms in total. The molecule has 0 saturated heterocycles. The second-order valence-corrected chi connectivity index (χ2v) is 5.50. The Labute approximate surface area is 108 Å². The van der Waals surface area contributed by atoms with Crippen LogP contribution in [0.3, 0.4) is 0 Å². The predicted molar refractivity (Wildman–Crippen MR) is 69.5 cm³/mol. The van der Waals surface area contributed by atoms with E-state index >= 15 is 0 Å². The summed E-state index contributed by atoms with van der Waals surface area (Å²) < 4.78 is 5.33. The molecule has 2 rings (SSSR count). The molecule has 0 amide bonds. The molecule has 1 N–H and O–H groups in total. The Hall–Kier alpha value is -0.730. The third-order valence-electron chi connectivity index (χ3n) is 3.76. The number of ether oxygens (including phenoxy) is 1. The zero-order valence-electron chi connectivity index (χ0n) is 10.4. The maximum atomic E-state index is 10.8. The molecular formula is C14H19ClO2. The summed E-state index contributed by atoms with van der Waals surface area (Å²) in [5.74, 6) is 1.42. The Kier molecular flexibility index (Phi) is 3.64. The van der Waals surface area contributed by atoms with Crippen molar-refractivity contribution in [2.45, 2.75) is 38.2 Å². The van der Waals surface area contributed by atoms with E-state index in [2.05, 4.69) is 6.92 Å². The summed E-state index contributed by atoms with van der Waals surface area (Å²) in [6.45, 7) is 2.23. The van der Waals surface area contributed by atoms with Crippen LogP contribution in [0.5, 0.6) is 5.75 Å². The molecule has 3 heteroatoms. The standard InChI is InChI=1S/C14H19ClO2/c1-10-5-7-14(16,8-6-10)12-9-11(15)3-4-13(12)17-2/h3-4,9-10,16H,5-8H2,1-2H3. The number of hydrogen-bond acceptors (Lipinski definition) is 2. The highest BCUT2D eigenvalue weighted by Gasteiger charge is 2.35. The molecule has 0 heterocycles. The fourth-order valence-electron chi connectivity index (χ4n) is 2.55. The van der Waals surface area contributed by atoms with Crippen LogP contribution in [0.25, 0.3) is 0 Å². The smallest absolute Gasteiger partial charge is 0.125 e. The van der Waals surface area contributed by atoms with Crippen molar-refractivity contribution in [3.8, 4) is 5.75 Å². The van der Waals surface area contributed by atoms with Gasteiger partial charge in [0.2, 0.25) is 0 Å². The van der Waals surface area contributed by atoms with Crippen molar-refractivity contribution in [2.75, 3.05) is 7.11 Å². The van der Waals surface area contributed by atoms with Crippen LogP contribution >= 0.6 is 11.6 Å². The summed E-state index contributed by atoms with van der Waals surface area (Å²) in [7, 11) is 1.63. The third-order valence-corrected chi connectivity index (χ3v) is 4.00. The average Bonchev–Trinajstić information content (AvgIpc) is 2.33. The molecule has 0 unspecified atom stereocenters. The van der Waals surface area contributed by atoms with Crippen LogP contribution in [0.15, 0.2) is 18.2 Å². The molecule has 0 aliphatic heterocycles. The highest BCUT2D eigenvalue weighted by molar-refractivity contribution is 6.30. The second kappa shape index (κ2) is 4.87. The molecule has 17 heavy (non-hydrogen) atoms. The average molecular weight is 255 g/mol. The maximum Gasteiger partial charge on any atom is 0.125 e. The maximum absolute atomic E-state index is 10.8. The molecule has 1 aliphatic carbocycles. The van der Waals surface area contributed by atoms with Gasteiger partial charge in [-0.1, -0.05) is 18.5 Å². The van der Waals surface area contributed by atoms with Gasteiger partial charge < -0.3 is 9.84 Å². The van der Waals surface area contributed by atoms with E-state index in [9.17, 15) is 5.11 Å². The molecule has 0 radical (unpaired) electrons. The number of aliphatic hydroxyl groups is 1. The van der Waals surface area contributed by atoms with Gasteiger partial charge in [-0.05, 0) is 49.8 Å². The molecule has 1 saturated carbocycles. The highest BCUT2D eigenvalue weighted by Crippen LogP contribution is 2.43. The lowest BCUT2D eigenvalue weighted by atomic mass is 9.75. The van der Waals surface area contributed by atoms with Crippen LogP contribution in [-0.2, 0) is 5.60 Å². The van der Waals surface area contributed by atoms with Crippen molar-refractivity contribution in [3.05, 3.63) is 28.8 Å². The van der Waals surface area contributed by atoms with Gasteiger partial charge >= 0.3 is 0 Å². The van der Waals surface area contributed by atoms with Crippen molar-refractivity contribution >= 4 is 11.6 Å². The largest absolute Gasteiger partial charge is 0.496 e. The first-order valence-corrected chi connectivity index (χ1v) is 6.49. The number of halogens is 1. The van der Waals surface area contributed by atoms with Crippen LogP contribution in [0.4, 0.5) is 0 Å². The zero-order chi connectivity index (χ0) is 12.5. The summed E-state index contributed by atoms with van der Waals surface area (Å²) in [4.78, 5) is 0. The van der Waals surface area contributed by atoms with E-state index in [1.54, 1.807) is 13.2 Å². The lowest BCUT2D eigenvalue weighted by molar-refractivity contribution is -0.0137. The molecule has 94 valence electrons. The summed E-state index contributed by atoms with van der Waals surface area (Å²) in [5, 5.41) is 11.4. The molecule has 0 bridgehead atoms. The zero-order valence-corrected chi connectivity index (χ0v) is 11.1. The Morgan fingerprint density at radius 1 is 1.35 bits per heavy atom. The first kappa shape index (κ1) is 12.7. The summed E-state index contributed by atoms with van der Waals surface area (Å²) >= 11 is 6.02. The van der Waals surface area contributed by atoms with Gasteiger partial charge in [-0.15, -0.1) is 0 Å². The van der Waals surface area contributed by atoms with Gasteiger partial charge in [0, 0.05) is 10.6 Å². The topological polar surface area (TPSA) is 29.5 Å². The monoisotopic (exact) mass is 254 g/mol. The van der Waals surface area contributed by atoms with E-state index in [0.29, 0.717) is 10.9 Å². The second-order valence-electron chi connectivity index (χ2n) is 5.06. The van der Waals surface area contributed by atoms with Gasteiger partial charge in [-0.25, -0.2) is 0 Å². The highest BCUT2D eigenvalue weighted by atomic mass is 35.5. The first-order valence-electron chi connectivity index (χ1n) is 6.11. The first-order chi connectivity index (χ1) is 8.05.